The number of nitrogens with zero attached hydrogens (tertiary/aromatic N) is 2. The lowest BCUT2D eigenvalue weighted by atomic mass is 10.1. The molecule has 0 bridgehead atoms. The number of aromatic nitrogens is 2. The van der Waals surface area contributed by atoms with E-state index in [-0.39, 0.29) is 22.6 Å². The minimum atomic E-state index is -4.65. The summed E-state index contributed by atoms with van der Waals surface area (Å²) in [5, 5.41) is 0. The maximum atomic E-state index is 14.0. The fraction of sp³-hybridized carbons (Fsp3) is 0.111. The van der Waals surface area contributed by atoms with Crippen molar-refractivity contribution in [2.75, 3.05) is 0 Å². The molecule has 0 unspecified atom stereocenters. The molecule has 2 nitrogen and oxygen atoms in total. The second-order valence-electron chi connectivity index (χ2n) is 5.47. The summed E-state index contributed by atoms with van der Waals surface area (Å²) in [6.07, 6.45) is -3.20. The second-order valence-corrected chi connectivity index (χ2v) is 5.47. The molecule has 3 aromatic rings. The van der Waals surface area contributed by atoms with Gasteiger partial charge in [-0.3, -0.25) is 4.98 Å². The number of benzene rings is 1. The molecule has 1 aromatic carbocycles. The summed E-state index contributed by atoms with van der Waals surface area (Å²) in [4.78, 5) is 8.11. The van der Waals surface area contributed by atoms with Crippen LogP contribution in [0, 0.1) is 18.6 Å². The summed E-state index contributed by atoms with van der Waals surface area (Å²) in [7, 11) is 0. The predicted molar refractivity (Wildman–Crippen MR) is 82.6 cm³/mol. The minimum absolute atomic E-state index is 0.0442. The maximum Gasteiger partial charge on any atom is 0.416 e. The molecule has 0 aliphatic heterocycles. The highest BCUT2D eigenvalue weighted by Crippen LogP contribution is 2.35. The molecule has 128 valence electrons. The smallest absolute Gasteiger partial charge is 0.255 e. The molecule has 0 aliphatic carbocycles. The molecular formula is C18H11F5N2. The zero-order valence-corrected chi connectivity index (χ0v) is 12.9. The van der Waals surface area contributed by atoms with E-state index in [2.05, 4.69) is 9.97 Å². The Balaban J connectivity index is 2.23. The normalized spacial score (nSPS) is 11.6. The van der Waals surface area contributed by atoms with Gasteiger partial charge in [-0.1, -0.05) is 0 Å². The summed E-state index contributed by atoms with van der Waals surface area (Å²) in [5.41, 5.74) is -0.475. The molecule has 0 radical (unpaired) electrons. The minimum Gasteiger partial charge on any atom is -0.255 e. The van der Waals surface area contributed by atoms with Gasteiger partial charge >= 0.3 is 6.18 Å². The van der Waals surface area contributed by atoms with E-state index in [4.69, 9.17) is 0 Å². The molecule has 2 heterocycles. The number of halogens is 5. The third-order valence-corrected chi connectivity index (χ3v) is 3.54. The average Bonchev–Trinajstić information content (AvgIpc) is 2.53. The lowest BCUT2D eigenvalue weighted by molar-refractivity contribution is -0.137. The summed E-state index contributed by atoms with van der Waals surface area (Å²) in [6, 6.07) is 7.47. The van der Waals surface area contributed by atoms with Gasteiger partial charge in [-0.25, -0.2) is 13.8 Å². The number of pyridine rings is 2. The second kappa shape index (κ2) is 6.23. The van der Waals surface area contributed by atoms with Gasteiger partial charge < -0.3 is 0 Å². The topological polar surface area (TPSA) is 25.8 Å². The van der Waals surface area contributed by atoms with Crippen molar-refractivity contribution >= 4 is 0 Å². The fourth-order valence-corrected chi connectivity index (χ4v) is 2.34. The molecule has 0 fully saturated rings. The van der Waals surface area contributed by atoms with Gasteiger partial charge in [0.15, 0.2) is 0 Å². The molecule has 0 N–H and O–H groups in total. The average molecular weight is 350 g/mol. The van der Waals surface area contributed by atoms with Gasteiger partial charge in [0.05, 0.1) is 22.6 Å². The van der Waals surface area contributed by atoms with Crippen molar-refractivity contribution in [3.8, 4) is 22.6 Å². The molecule has 0 amide bonds. The zero-order chi connectivity index (χ0) is 18.2. The third-order valence-electron chi connectivity index (χ3n) is 3.54. The van der Waals surface area contributed by atoms with Gasteiger partial charge in [-0.2, -0.15) is 13.2 Å². The highest BCUT2D eigenvalue weighted by atomic mass is 19.4. The quantitative estimate of drug-likeness (QED) is 0.577. The Morgan fingerprint density at radius 3 is 2.20 bits per heavy atom. The zero-order valence-electron chi connectivity index (χ0n) is 12.9. The van der Waals surface area contributed by atoms with Crippen LogP contribution in [-0.2, 0) is 6.18 Å². The molecule has 0 saturated carbocycles. The van der Waals surface area contributed by atoms with Gasteiger partial charge in [-0.05, 0) is 48.9 Å². The van der Waals surface area contributed by atoms with Crippen molar-refractivity contribution < 1.29 is 22.0 Å². The molecule has 3 rings (SSSR count). The van der Waals surface area contributed by atoms with Crippen molar-refractivity contribution in [2.24, 2.45) is 0 Å². The van der Waals surface area contributed by atoms with Crippen molar-refractivity contribution in [1.29, 1.82) is 0 Å². The monoisotopic (exact) mass is 350 g/mol. The molecule has 0 saturated heterocycles. The Morgan fingerprint density at radius 2 is 1.56 bits per heavy atom. The molecule has 2 aromatic heterocycles. The molecule has 0 spiro atoms. The van der Waals surface area contributed by atoms with E-state index < -0.39 is 23.4 Å². The predicted octanol–water partition coefficient (Wildman–Crippen LogP) is 5.42. The van der Waals surface area contributed by atoms with Crippen molar-refractivity contribution in [3.63, 3.8) is 0 Å². The third kappa shape index (κ3) is 3.65. The van der Waals surface area contributed by atoms with Gasteiger partial charge in [0.25, 0.3) is 0 Å². The van der Waals surface area contributed by atoms with Gasteiger partial charge in [-0.15, -0.1) is 0 Å². The van der Waals surface area contributed by atoms with Crippen LogP contribution >= 0.6 is 0 Å². The van der Waals surface area contributed by atoms with Crippen LogP contribution in [0.1, 0.15) is 11.1 Å². The lowest BCUT2D eigenvalue weighted by Crippen LogP contribution is -2.07. The molecule has 7 heteroatoms. The highest BCUT2D eigenvalue weighted by Gasteiger charge is 2.32. The number of hydrogen-bond donors (Lipinski definition) is 0. The summed E-state index contributed by atoms with van der Waals surface area (Å²) in [5.74, 6) is -1.82. The van der Waals surface area contributed by atoms with Crippen LogP contribution in [0.25, 0.3) is 22.6 Å². The van der Waals surface area contributed by atoms with Crippen LogP contribution < -0.4 is 0 Å². The summed E-state index contributed by atoms with van der Waals surface area (Å²) in [6.45, 7) is 1.76. The standard InChI is InChI=1S/C18H11F5N2/c1-10-4-5-24-16(6-10)17-8-11(18(21,22)23)7-15(25-17)13-3-2-12(19)9-14(13)20/h2-9H,1H3. The van der Waals surface area contributed by atoms with Gasteiger partial charge in [0, 0.05) is 17.8 Å². The van der Waals surface area contributed by atoms with Gasteiger partial charge in [0.2, 0.25) is 0 Å². The first-order valence-electron chi connectivity index (χ1n) is 7.22. The van der Waals surface area contributed by atoms with Crippen LogP contribution in [0.2, 0.25) is 0 Å². The van der Waals surface area contributed by atoms with E-state index in [0.29, 0.717) is 6.07 Å². The van der Waals surface area contributed by atoms with Crippen molar-refractivity contribution in [2.45, 2.75) is 13.1 Å². The fourth-order valence-electron chi connectivity index (χ4n) is 2.34. The van der Waals surface area contributed by atoms with Crippen LogP contribution in [0.15, 0.2) is 48.7 Å². The highest BCUT2D eigenvalue weighted by molar-refractivity contribution is 5.66. The summed E-state index contributed by atoms with van der Waals surface area (Å²) < 4.78 is 66.7. The number of alkyl halides is 3. The Hall–Kier alpha value is -2.83. The first-order valence-corrected chi connectivity index (χ1v) is 7.22. The largest absolute Gasteiger partial charge is 0.416 e. The van der Waals surface area contributed by atoms with Crippen LogP contribution in [0.5, 0.6) is 0 Å². The Bertz CT molecular complexity index is 935. The van der Waals surface area contributed by atoms with Crippen molar-refractivity contribution in [3.05, 3.63) is 71.4 Å². The first-order chi connectivity index (χ1) is 11.7. The van der Waals surface area contributed by atoms with E-state index in [9.17, 15) is 22.0 Å². The summed E-state index contributed by atoms with van der Waals surface area (Å²) >= 11 is 0. The Morgan fingerprint density at radius 1 is 0.840 bits per heavy atom. The molecule has 25 heavy (non-hydrogen) atoms. The van der Waals surface area contributed by atoms with E-state index >= 15 is 0 Å². The SMILES string of the molecule is Cc1ccnc(-c2cc(C(F)(F)F)cc(-c3ccc(F)cc3F)n2)c1. The van der Waals surface area contributed by atoms with Crippen LogP contribution in [0.4, 0.5) is 22.0 Å². The van der Waals surface area contributed by atoms with E-state index in [1.807, 2.05) is 0 Å². The van der Waals surface area contributed by atoms with E-state index in [0.717, 1.165) is 29.8 Å². The van der Waals surface area contributed by atoms with Gasteiger partial charge in [0.1, 0.15) is 11.6 Å². The van der Waals surface area contributed by atoms with E-state index in [1.54, 1.807) is 19.1 Å². The first kappa shape index (κ1) is 17.0. The van der Waals surface area contributed by atoms with Crippen molar-refractivity contribution in [1.82, 2.24) is 9.97 Å². The Labute approximate surface area is 140 Å². The number of aryl methyl sites for hydroxylation is 1. The van der Waals surface area contributed by atoms with Crippen LogP contribution in [-0.4, -0.2) is 9.97 Å². The Kier molecular flexibility index (Phi) is 4.24. The van der Waals surface area contributed by atoms with Crippen LogP contribution in [0.3, 0.4) is 0 Å². The number of rotatable bonds is 2. The maximum absolute atomic E-state index is 14.0. The number of hydrogen-bond acceptors (Lipinski definition) is 2. The lowest BCUT2D eigenvalue weighted by Gasteiger charge is -2.12. The van der Waals surface area contributed by atoms with E-state index in [1.165, 1.54) is 6.20 Å². The molecule has 0 aliphatic rings. The molecular weight excluding hydrogens is 339 g/mol. The molecule has 0 atom stereocenters.